The highest BCUT2D eigenvalue weighted by Gasteiger charge is 2.12. The minimum Gasteiger partial charge on any atom is -0.494 e. The van der Waals surface area contributed by atoms with Crippen LogP contribution in [-0.2, 0) is 6.42 Å². The second-order valence-corrected chi connectivity index (χ2v) is 4.57. The first-order valence-electron chi connectivity index (χ1n) is 6.39. The lowest BCUT2D eigenvalue weighted by Crippen LogP contribution is -2.18. The fourth-order valence-electron chi connectivity index (χ4n) is 2.15. The van der Waals surface area contributed by atoms with Crippen molar-refractivity contribution in [1.82, 2.24) is 5.32 Å². The van der Waals surface area contributed by atoms with E-state index in [-0.39, 0.29) is 23.4 Å². The van der Waals surface area contributed by atoms with Crippen LogP contribution >= 0.6 is 0 Å². The Morgan fingerprint density at radius 1 is 1.10 bits per heavy atom. The molecule has 1 N–H and O–H groups in total. The zero-order valence-corrected chi connectivity index (χ0v) is 11.5. The molecule has 1 unspecified atom stereocenters. The Hall–Kier alpha value is -1.94. The van der Waals surface area contributed by atoms with E-state index in [0.717, 1.165) is 11.1 Å². The molecule has 4 heteroatoms. The highest BCUT2D eigenvalue weighted by molar-refractivity contribution is 5.31. The summed E-state index contributed by atoms with van der Waals surface area (Å²) in [6.45, 7) is 0. The molecule has 0 aliphatic rings. The molecule has 2 aromatic rings. The molecule has 2 rings (SSSR count). The van der Waals surface area contributed by atoms with Gasteiger partial charge in [-0.1, -0.05) is 18.2 Å². The van der Waals surface area contributed by atoms with Gasteiger partial charge < -0.3 is 10.1 Å². The number of benzene rings is 2. The number of ether oxygens (including phenoxy) is 1. The third-order valence-corrected chi connectivity index (χ3v) is 3.28. The highest BCUT2D eigenvalue weighted by atomic mass is 19.1. The van der Waals surface area contributed by atoms with Crippen LogP contribution in [0.15, 0.2) is 42.5 Å². The smallest absolute Gasteiger partial charge is 0.165 e. The Kier molecular flexibility index (Phi) is 4.69. The minimum absolute atomic E-state index is 0.00314. The quantitative estimate of drug-likeness (QED) is 0.903. The van der Waals surface area contributed by atoms with E-state index < -0.39 is 0 Å². The summed E-state index contributed by atoms with van der Waals surface area (Å²) in [6.07, 6.45) is 0.614. The molecular weight excluding hydrogens is 260 g/mol. The predicted octanol–water partition coefficient (Wildman–Crippen LogP) is 3.48. The molecule has 0 amide bonds. The van der Waals surface area contributed by atoms with Crippen LogP contribution in [-0.4, -0.2) is 14.2 Å². The molecular formula is C16H17F2NO. The van der Waals surface area contributed by atoms with Gasteiger partial charge in [0.15, 0.2) is 11.6 Å². The highest BCUT2D eigenvalue weighted by Crippen LogP contribution is 2.22. The molecule has 2 aromatic carbocycles. The normalized spacial score (nSPS) is 12.2. The van der Waals surface area contributed by atoms with Crippen LogP contribution in [0.2, 0.25) is 0 Å². The van der Waals surface area contributed by atoms with Crippen molar-refractivity contribution >= 4 is 0 Å². The van der Waals surface area contributed by atoms with E-state index in [2.05, 4.69) is 5.32 Å². The molecule has 20 heavy (non-hydrogen) atoms. The van der Waals surface area contributed by atoms with Gasteiger partial charge in [-0.25, -0.2) is 8.78 Å². The third kappa shape index (κ3) is 3.33. The zero-order chi connectivity index (χ0) is 14.5. The summed E-state index contributed by atoms with van der Waals surface area (Å²) in [5, 5.41) is 3.16. The molecule has 0 saturated carbocycles. The first kappa shape index (κ1) is 14.5. The van der Waals surface area contributed by atoms with Crippen molar-refractivity contribution in [3.05, 3.63) is 65.2 Å². The van der Waals surface area contributed by atoms with Gasteiger partial charge in [0.25, 0.3) is 0 Å². The van der Waals surface area contributed by atoms with Crippen molar-refractivity contribution in [1.29, 1.82) is 0 Å². The van der Waals surface area contributed by atoms with E-state index in [1.165, 1.54) is 25.3 Å². The summed E-state index contributed by atoms with van der Waals surface area (Å²) < 4.78 is 31.5. The SMILES string of the molecule is CNC(Cc1ccc(OC)c(F)c1)c1ccc(F)cc1. The number of hydrogen-bond acceptors (Lipinski definition) is 2. The predicted molar refractivity (Wildman–Crippen MR) is 74.9 cm³/mol. The molecule has 2 nitrogen and oxygen atoms in total. The molecule has 0 saturated heterocycles. The maximum Gasteiger partial charge on any atom is 0.165 e. The summed E-state index contributed by atoms with van der Waals surface area (Å²) in [5.74, 6) is -0.408. The second-order valence-electron chi connectivity index (χ2n) is 4.57. The number of halogens is 2. The van der Waals surface area contributed by atoms with E-state index in [4.69, 9.17) is 4.74 Å². The zero-order valence-electron chi connectivity index (χ0n) is 11.5. The number of likely N-dealkylation sites (N-methyl/N-ethyl adjacent to an activating group) is 1. The minimum atomic E-state index is -0.376. The summed E-state index contributed by atoms with van der Waals surface area (Å²) in [6, 6.07) is 11.2. The molecule has 0 fully saturated rings. The Morgan fingerprint density at radius 3 is 2.35 bits per heavy atom. The molecule has 1 atom stereocenters. The van der Waals surface area contributed by atoms with Crippen molar-refractivity contribution in [3.8, 4) is 5.75 Å². The van der Waals surface area contributed by atoms with Gasteiger partial charge in [0, 0.05) is 6.04 Å². The van der Waals surface area contributed by atoms with E-state index in [1.54, 1.807) is 18.2 Å². The van der Waals surface area contributed by atoms with Crippen molar-refractivity contribution in [3.63, 3.8) is 0 Å². The molecule has 0 aliphatic carbocycles. The first-order valence-corrected chi connectivity index (χ1v) is 6.39. The van der Waals surface area contributed by atoms with E-state index in [1.807, 2.05) is 13.1 Å². The number of methoxy groups -OCH3 is 1. The summed E-state index contributed by atoms with van der Waals surface area (Å²) in [4.78, 5) is 0. The van der Waals surface area contributed by atoms with E-state index >= 15 is 0 Å². The Balaban J connectivity index is 2.17. The lowest BCUT2D eigenvalue weighted by molar-refractivity contribution is 0.386. The lowest BCUT2D eigenvalue weighted by Gasteiger charge is -2.17. The van der Waals surface area contributed by atoms with Crippen LogP contribution in [0.25, 0.3) is 0 Å². The van der Waals surface area contributed by atoms with Crippen molar-refractivity contribution in [2.24, 2.45) is 0 Å². The number of nitrogens with one attached hydrogen (secondary N) is 1. The van der Waals surface area contributed by atoms with E-state index in [9.17, 15) is 8.78 Å². The van der Waals surface area contributed by atoms with Gasteiger partial charge in [-0.15, -0.1) is 0 Å². The maximum atomic E-state index is 13.7. The van der Waals surface area contributed by atoms with Gasteiger partial charge in [-0.3, -0.25) is 0 Å². The largest absolute Gasteiger partial charge is 0.494 e. The second kappa shape index (κ2) is 6.48. The van der Waals surface area contributed by atoms with Gasteiger partial charge in [-0.2, -0.15) is 0 Å². The number of hydrogen-bond donors (Lipinski definition) is 1. The summed E-state index contributed by atoms with van der Waals surface area (Å²) in [5.41, 5.74) is 1.82. The van der Waals surface area contributed by atoms with Gasteiger partial charge in [-0.05, 0) is 48.9 Å². The van der Waals surface area contributed by atoms with Crippen LogP contribution in [0.3, 0.4) is 0 Å². The topological polar surface area (TPSA) is 21.3 Å². The maximum absolute atomic E-state index is 13.7. The summed E-state index contributed by atoms with van der Waals surface area (Å²) in [7, 11) is 3.26. The average Bonchev–Trinajstić information content (AvgIpc) is 2.46. The van der Waals surface area contributed by atoms with Crippen molar-refractivity contribution in [2.75, 3.05) is 14.2 Å². The van der Waals surface area contributed by atoms with Gasteiger partial charge in [0.1, 0.15) is 5.82 Å². The van der Waals surface area contributed by atoms with Crippen LogP contribution < -0.4 is 10.1 Å². The van der Waals surface area contributed by atoms with Gasteiger partial charge in [0.05, 0.1) is 7.11 Å². The molecule has 0 aliphatic heterocycles. The van der Waals surface area contributed by atoms with Crippen LogP contribution in [0.1, 0.15) is 17.2 Å². The van der Waals surface area contributed by atoms with E-state index in [0.29, 0.717) is 6.42 Å². The molecule has 0 heterocycles. The van der Waals surface area contributed by atoms with Crippen LogP contribution in [0, 0.1) is 11.6 Å². The third-order valence-electron chi connectivity index (χ3n) is 3.28. The first-order chi connectivity index (χ1) is 9.63. The Bertz CT molecular complexity index is 569. The Labute approximate surface area is 117 Å². The average molecular weight is 277 g/mol. The lowest BCUT2D eigenvalue weighted by atomic mass is 9.99. The standard InChI is InChI=1S/C16H17F2NO/c1-19-15(12-4-6-13(17)7-5-12)10-11-3-8-16(20-2)14(18)9-11/h3-9,15,19H,10H2,1-2H3. The molecule has 0 aromatic heterocycles. The van der Waals surface area contributed by atoms with Gasteiger partial charge in [0.2, 0.25) is 0 Å². The van der Waals surface area contributed by atoms with Gasteiger partial charge >= 0.3 is 0 Å². The fraction of sp³-hybridized carbons (Fsp3) is 0.250. The fourth-order valence-corrected chi connectivity index (χ4v) is 2.15. The number of rotatable bonds is 5. The summed E-state index contributed by atoms with van der Waals surface area (Å²) >= 11 is 0. The van der Waals surface area contributed by atoms with Crippen LogP contribution in [0.4, 0.5) is 8.78 Å². The monoisotopic (exact) mass is 277 g/mol. The molecule has 0 spiro atoms. The van der Waals surface area contributed by atoms with Crippen molar-refractivity contribution < 1.29 is 13.5 Å². The molecule has 0 bridgehead atoms. The Morgan fingerprint density at radius 2 is 1.80 bits per heavy atom. The molecule has 0 radical (unpaired) electrons. The van der Waals surface area contributed by atoms with Crippen LogP contribution in [0.5, 0.6) is 5.75 Å². The molecule has 106 valence electrons. The van der Waals surface area contributed by atoms with Crippen molar-refractivity contribution in [2.45, 2.75) is 12.5 Å².